The van der Waals surface area contributed by atoms with Gasteiger partial charge >= 0.3 is 0 Å². The molecule has 326 valence electrons. The van der Waals surface area contributed by atoms with Crippen molar-refractivity contribution in [3.8, 4) is 0 Å². The maximum Gasteiger partial charge on any atom is 0.245 e. The molecule has 2 aliphatic rings. The van der Waals surface area contributed by atoms with Crippen LogP contribution in [0.2, 0.25) is 0 Å². The molecule has 0 saturated heterocycles. The Labute approximate surface area is 394 Å². The summed E-state index contributed by atoms with van der Waals surface area (Å²) in [6, 6.07) is 13.2. The van der Waals surface area contributed by atoms with Crippen LogP contribution in [0.5, 0.6) is 0 Å². The largest absolute Gasteiger partial charge is 0.339 e. The number of hydrogen-bond donors (Lipinski definition) is 6. The van der Waals surface area contributed by atoms with Crippen LogP contribution in [0, 0.1) is 37.5 Å². The molecule has 10 nitrogen and oxygen atoms in total. The smallest absolute Gasteiger partial charge is 0.245 e. The molecule has 2 heterocycles. The molecule has 2 saturated carbocycles. The molecule has 1 aromatic carbocycles. The molecule has 2 fully saturated rings. The number of para-hydroxylation sites is 1. The van der Waals surface area contributed by atoms with Gasteiger partial charge in [-0.2, -0.15) is 0 Å². The van der Waals surface area contributed by atoms with Crippen LogP contribution in [-0.2, 0) is 9.59 Å². The Balaban J connectivity index is 0.000000265. The van der Waals surface area contributed by atoms with E-state index in [1.54, 1.807) is 12.3 Å². The van der Waals surface area contributed by atoms with E-state index in [9.17, 15) is 9.59 Å². The number of halogens is 6. The number of aryl methyl sites for hydroxylation is 2. The fourth-order valence-electron chi connectivity index (χ4n) is 7.32. The van der Waals surface area contributed by atoms with E-state index in [0.717, 1.165) is 47.8 Å². The van der Waals surface area contributed by atoms with E-state index >= 15 is 0 Å². The molecular weight excluding hydrogens is 925 g/mol. The van der Waals surface area contributed by atoms with Gasteiger partial charge in [0, 0.05) is 17.3 Å². The van der Waals surface area contributed by atoms with Gasteiger partial charge in [-0.3, -0.25) is 14.6 Å². The minimum Gasteiger partial charge on any atom is -0.339 e. The Hall–Kier alpha value is -2.68. The van der Waals surface area contributed by atoms with E-state index in [2.05, 4.69) is 55.7 Å². The number of carbonyl (C=O) groups excluding carboxylic acids is 2. The van der Waals surface area contributed by atoms with Crippen molar-refractivity contribution in [2.45, 2.75) is 99.0 Å². The molecule has 60 heavy (non-hydrogen) atoms. The average Bonchev–Trinajstić information content (AvgIpc) is 3.16. The second-order valence-electron chi connectivity index (χ2n) is 15.5. The minimum atomic E-state index is -1.81. The van der Waals surface area contributed by atoms with E-state index in [4.69, 9.17) is 94.0 Å². The van der Waals surface area contributed by atoms with E-state index in [1.165, 1.54) is 37.8 Å². The monoisotopic (exact) mass is 974 g/mol. The lowest BCUT2D eigenvalue weighted by molar-refractivity contribution is -0.118. The number of benzene rings is 1. The fourth-order valence-corrected chi connectivity index (χ4v) is 8.43. The van der Waals surface area contributed by atoms with Crippen LogP contribution < -0.4 is 31.9 Å². The molecule has 2 amide bonds. The molecule has 2 aliphatic carbocycles. The summed E-state index contributed by atoms with van der Waals surface area (Å²) in [5.74, 6) is 1.97. The molecule has 18 heteroatoms. The second-order valence-corrected chi connectivity index (χ2v) is 21.0. The molecule has 4 unspecified atom stereocenters. The highest BCUT2D eigenvalue weighted by Crippen LogP contribution is 2.34. The molecule has 0 aliphatic heterocycles. The van der Waals surface area contributed by atoms with Crippen LogP contribution in [0.15, 0.2) is 73.0 Å². The number of amides is 2. The first kappa shape index (κ1) is 50.0. The highest BCUT2D eigenvalue weighted by Gasteiger charge is 2.35. The molecule has 3 aromatic rings. The van der Waals surface area contributed by atoms with Crippen LogP contribution in [0.3, 0.4) is 0 Å². The van der Waals surface area contributed by atoms with Crippen molar-refractivity contribution in [1.82, 2.24) is 31.2 Å². The maximum absolute atomic E-state index is 12.4. The third kappa shape index (κ3) is 17.2. The standard InChI is InChI=1S/C22H25Cl3N4OS.C20H27Cl3N4OS/c1-14-12-13-26-19-16(14)8-5-9-17(19)27-21(31)29-20(22(23,24)25)28-18(30)11-10-15-6-3-2-4-7-15;1-12-9-13(2)11-15(10-12)7-8-17(28)26-18(20(21,22)23)27-19(29)25-16-6-4-5-14(3)24-16/h5,8-13,15,20H,2-4,6-7H2,1H3,(H,28,30)(H2,27,29,31);4-8,12-13,15,18H,9-11H2,1-3H3,(H,26,28)(H2,24,25,27,29)/b11-10+;8-7+. The highest BCUT2D eigenvalue weighted by atomic mass is 35.6. The predicted octanol–water partition coefficient (Wildman–Crippen LogP) is 10.9. The first-order chi connectivity index (χ1) is 28.3. The number of carbonyl (C=O) groups is 2. The minimum absolute atomic E-state index is 0.179. The third-order valence-corrected chi connectivity index (χ3v) is 11.8. The van der Waals surface area contributed by atoms with Gasteiger partial charge in [0.2, 0.25) is 19.4 Å². The topological polar surface area (TPSA) is 132 Å². The van der Waals surface area contributed by atoms with E-state index in [-0.39, 0.29) is 22.0 Å². The second kappa shape index (κ2) is 23.7. The maximum atomic E-state index is 12.4. The number of rotatable bonds is 10. The normalized spacial score (nSPS) is 19.7. The molecule has 0 spiro atoms. The summed E-state index contributed by atoms with van der Waals surface area (Å²) in [6.45, 7) is 8.37. The van der Waals surface area contributed by atoms with Gasteiger partial charge in [0.1, 0.15) is 18.1 Å². The number of pyridine rings is 2. The zero-order chi connectivity index (χ0) is 44.0. The molecule has 6 N–H and O–H groups in total. The summed E-state index contributed by atoms with van der Waals surface area (Å²) in [6.07, 6.45) is 15.8. The van der Waals surface area contributed by atoms with Gasteiger partial charge in [0.25, 0.3) is 0 Å². The average molecular weight is 978 g/mol. The summed E-state index contributed by atoms with van der Waals surface area (Å²) in [7, 11) is 0. The first-order valence-corrected chi connectivity index (χ1v) is 22.9. The fraction of sp³-hybridized carbons (Fsp3) is 0.476. The van der Waals surface area contributed by atoms with Crippen LogP contribution in [0.1, 0.15) is 76.5 Å². The van der Waals surface area contributed by atoms with E-state index in [1.807, 2.05) is 62.4 Å². The van der Waals surface area contributed by atoms with Crippen molar-refractivity contribution in [1.29, 1.82) is 0 Å². The summed E-state index contributed by atoms with van der Waals surface area (Å²) < 4.78 is -3.61. The molecule has 5 rings (SSSR count). The van der Waals surface area contributed by atoms with E-state index < -0.39 is 19.9 Å². The van der Waals surface area contributed by atoms with Gasteiger partial charge in [0.15, 0.2) is 10.2 Å². The molecule has 2 aromatic heterocycles. The Bertz CT molecular complexity index is 1990. The zero-order valence-electron chi connectivity index (χ0n) is 33.8. The number of thiocarbonyl (C=S) groups is 2. The summed E-state index contributed by atoms with van der Waals surface area (Å²) >= 11 is 47.0. The Morgan fingerprint density at radius 1 is 0.717 bits per heavy atom. The lowest BCUT2D eigenvalue weighted by Crippen LogP contribution is -2.55. The Kier molecular flexibility index (Phi) is 19.7. The number of hydrogen-bond acceptors (Lipinski definition) is 6. The summed E-state index contributed by atoms with van der Waals surface area (Å²) in [5.41, 5.74) is 3.42. The van der Waals surface area contributed by atoms with Crippen molar-refractivity contribution >= 4 is 138 Å². The van der Waals surface area contributed by atoms with Crippen LogP contribution in [0.25, 0.3) is 10.9 Å². The number of allylic oxidation sites excluding steroid dienone is 2. The van der Waals surface area contributed by atoms with Gasteiger partial charge in [-0.25, -0.2) is 4.98 Å². The van der Waals surface area contributed by atoms with Crippen molar-refractivity contribution in [3.63, 3.8) is 0 Å². The molecule has 0 radical (unpaired) electrons. The van der Waals surface area contributed by atoms with Crippen molar-refractivity contribution in [2.24, 2.45) is 23.7 Å². The number of nitrogens with one attached hydrogen (secondary N) is 6. The molecular formula is C42H52Cl6N8O2S2. The van der Waals surface area contributed by atoms with Crippen molar-refractivity contribution in [3.05, 3.63) is 84.2 Å². The molecule has 4 atom stereocenters. The van der Waals surface area contributed by atoms with Gasteiger partial charge in [-0.05, 0) is 136 Å². The first-order valence-electron chi connectivity index (χ1n) is 19.8. The summed E-state index contributed by atoms with van der Waals surface area (Å²) in [4.78, 5) is 33.5. The van der Waals surface area contributed by atoms with Crippen molar-refractivity contribution in [2.75, 3.05) is 10.6 Å². The molecule has 0 bridgehead atoms. The van der Waals surface area contributed by atoms with Crippen LogP contribution in [-0.4, -0.2) is 51.9 Å². The van der Waals surface area contributed by atoms with Crippen LogP contribution in [0.4, 0.5) is 11.5 Å². The lowest BCUT2D eigenvalue weighted by atomic mass is 9.76. The zero-order valence-corrected chi connectivity index (χ0v) is 40.0. The SMILES string of the molecule is Cc1cccc(NC(=S)NC(NC(=O)/C=C/C2CC(C)CC(C)C2)C(Cl)(Cl)Cl)n1.Cc1ccnc2c(NC(=S)NC(NC(=O)/C=C/C3CCCCC3)C(Cl)(Cl)Cl)cccc12. The predicted molar refractivity (Wildman–Crippen MR) is 259 cm³/mol. The number of alkyl halides is 6. The number of anilines is 2. The third-order valence-electron chi connectivity index (χ3n) is 10.1. The van der Waals surface area contributed by atoms with E-state index in [0.29, 0.717) is 35.2 Å². The van der Waals surface area contributed by atoms with Gasteiger partial charge in [-0.1, -0.05) is 133 Å². The van der Waals surface area contributed by atoms with Crippen molar-refractivity contribution < 1.29 is 9.59 Å². The number of aromatic nitrogens is 2. The lowest BCUT2D eigenvalue weighted by Gasteiger charge is -2.29. The van der Waals surface area contributed by atoms with Gasteiger partial charge in [0.05, 0.1) is 11.2 Å². The summed E-state index contributed by atoms with van der Waals surface area (Å²) in [5, 5.41) is 18.4. The number of nitrogens with zero attached hydrogens (tertiary/aromatic N) is 2. The quantitative estimate of drug-likeness (QED) is 0.0505. The van der Waals surface area contributed by atoms with Gasteiger partial charge in [-0.15, -0.1) is 0 Å². The Morgan fingerprint density at radius 2 is 1.27 bits per heavy atom. The van der Waals surface area contributed by atoms with Crippen LogP contribution >= 0.6 is 94.0 Å². The van der Waals surface area contributed by atoms with Gasteiger partial charge < -0.3 is 31.9 Å². The highest BCUT2D eigenvalue weighted by molar-refractivity contribution is 7.80. The Morgan fingerprint density at radius 3 is 1.83 bits per heavy atom. The number of fused-ring (bicyclic) bond motifs is 1.